The highest BCUT2D eigenvalue weighted by molar-refractivity contribution is 9.10. The molecule has 4 heteroatoms. The minimum Gasteiger partial charge on any atom is -0.381 e. The average molecular weight is 337 g/mol. The average Bonchev–Trinajstić information content (AvgIpc) is 2.40. The molecule has 0 radical (unpaired) electrons. The maximum atomic E-state index is 13.4. The Morgan fingerprint density at radius 2 is 1.90 bits per heavy atom. The van der Waals surface area contributed by atoms with Crippen LogP contribution in [0.4, 0.5) is 10.1 Å². The molecule has 0 heterocycles. The molecule has 0 unspecified atom stereocenters. The van der Waals surface area contributed by atoms with E-state index in [1.54, 1.807) is 12.1 Å². The lowest BCUT2D eigenvalue weighted by Crippen LogP contribution is -2.10. The zero-order valence-electron chi connectivity index (χ0n) is 11.7. The van der Waals surface area contributed by atoms with Crippen LogP contribution < -0.4 is 5.32 Å². The molecule has 1 N–H and O–H groups in total. The highest BCUT2D eigenvalue weighted by Gasteiger charge is 2.01. The number of rotatable bonds is 5. The lowest BCUT2D eigenvalue weighted by Gasteiger charge is -2.12. The van der Waals surface area contributed by atoms with Crippen molar-refractivity contribution in [3.8, 4) is 0 Å². The van der Waals surface area contributed by atoms with E-state index in [9.17, 15) is 4.39 Å². The van der Waals surface area contributed by atoms with Gasteiger partial charge in [-0.05, 0) is 65.4 Å². The van der Waals surface area contributed by atoms with Crippen LogP contribution in [0.1, 0.15) is 11.1 Å². The van der Waals surface area contributed by atoms with E-state index in [1.165, 1.54) is 5.56 Å². The number of benzene rings is 2. The summed E-state index contributed by atoms with van der Waals surface area (Å²) in [7, 11) is 4.09. The molecule has 0 spiro atoms. The van der Waals surface area contributed by atoms with Crippen LogP contribution in [0.5, 0.6) is 0 Å². The lowest BCUT2D eigenvalue weighted by molar-refractivity contribution is 0.402. The van der Waals surface area contributed by atoms with E-state index in [0.29, 0.717) is 11.0 Å². The molecule has 2 nitrogen and oxygen atoms in total. The molecule has 0 fully saturated rings. The van der Waals surface area contributed by atoms with Gasteiger partial charge in [-0.2, -0.15) is 0 Å². The van der Waals surface area contributed by atoms with E-state index in [-0.39, 0.29) is 5.82 Å². The van der Waals surface area contributed by atoms with Crippen molar-refractivity contribution in [2.24, 2.45) is 0 Å². The zero-order valence-corrected chi connectivity index (χ0v) is 13.2. The van der Waals surface area contributed by atoms with Gasteiger partial charge in [-0.1, -0.05) is 18.2 Å². The maximum Gasteiger partial charge on any atom is 0.137 e. The molecule has 2 aromatic rings. The topological polar surface area (TPSA) is 15.3 Å². The van der Waals surface area contributed by atoms with Crippen molar-refractivity contribution in [1.29, 1.82) is 0 Å². The van der Waals surface area contributed by atoms with Crippen molar-refractivity contribution in [2.75, 3.05) is 19.4 Å². The van der Waals surface area contributed by atoms with Crippen LogP contribution in [-0.2, 0) is 13.1 Å². The molecule has 0 aliphatic heterocycles. The molecule has 0 bridgehead atoms. The molecule has 0 amide bonds. The summed E-state index contributed by atoms with van der Waals surface area (Å²) in [4.78, 5) is 2.13. The Hall–Kier alpha value is -1.39. The normalized spacial score (nSPS) is 10.8. The first kappa shape index (κ1) is 15.0. The first-order valence-corrected chi connectivity index (χ1v) is 7.25. The Morgan fingerprint density at radius 1 is 1.10 bits per heavy atom. The molecule has 2 rings (SSSR count). The van der Waals surface area contributed by atoms with E-state index in [0.717, 1.165) is 17.8 Å². The minimum atomic E-state index is -0.231. The fraction of sp³-hybridized carbons (Fsp3) is 0.250. The number of hydrogen-bond donors (Lipinski definition) is 1. The molecule has 0 saturated heterocycles. The molecule has 0 atom stereocenters. The van der Waals surface area contributed by atoms with E-state index < -0.39 is 0 Å². The molecule has 20 heavy (non-hydrogen) atoms. The third-order valence-corrected chi connectivity index (χ3v) is 3.55. The van der Waals surface area contributed by atoms with Crippen LogP contribution >= 0.6 is 15.9 Å². The highest BCUT2D eigenvalue weighted by Crippen LogP contribution is 2.18. The number of halogens is 2. The monoisotopic (exact) mass is 336 g/mol. The second kappa shape index (κ2) is 6.86. The summed E-state index contributed by atoms with van der Waals surface area (Å²) < 4.78 is 13.9. The second-order valence-corrected chi connectivity index (χ2v) is 5.89. The summed E-state index contributed by atoms with van der Waals surface area (Å²) in [6, 6.07) is 13.5. The number of nitrogens with zero attached hydrogens (tertiary/aromatic N) is 1. The van der Waals surface area contributed by atoms with E-state index in [2.05, 4.69) is 38.3 Å². The molecule has 2 aromatic carbocycles. The Bertz CT molecular complexity index is 584. The Labute approximate surface area is 127 Å². The molecule has 0 saturated carbocycles. The van der Waals surface area contributed by atoms with Crippen LogP contribution in [0.15, 0.2) is 46.9 Å². The van der Waals surface area contributed by atoms with Crippen LogP contribution in [-0.4, -0.2) is 19.0 Å². The van der Waals surface area contributed by atoms with Gasteiger partial charge in [-0.15, -0.1) is 0 Å². The first-order chi connectivity index (χ1) is 9.54. The molecule has 106 valence electrons. The minimum absolute atomic E-state index is 0.231. The third-order valence-electron chi connectivity index (χ3n) is 2.91. The lowest BCUT2D eigenvalue weighted by atomic mass is 10.1. The van der Waals surface area contributed by atoms with Gasteiger partial charge < -0.3 is 10.2 Å². The fourth-order valence-electron chi connectivity index (χ4n) is 2.00. The van der Waals surface area contributed by atoms with Gasteiger partial charge in [0.1, 0.15) is 5.82 Å². The number of hydrogen-bond acceptors (Lipinski definition) is 2. The number of anilines is 1. The van der Waals surface area contributed by atoms with Gasteiger partial charge in [0.2, 0.25) is 0 Å². The van der Waals surface area contributed by atoms with Gasteiger partial charge in [-0.25, -0.2) is 4.39 Å². The second-order valence-electron chi connectivity index (χ2n) is 5.04. The van der Waals surface area contributed by atoms with Gasteiger partial charge in [0.15, 0.2) is 0 Å². The smallest absolute Gasteiger partial charge is 0.137 e. The van der Waals surface area contributed by atoms with Gasteiger partial charge in [0.05, 0.1) is 4.47 Å². The van der Waals surface area contributed by atoms with Crippen molar-refractivity contribution in [3.05, 3.63) is 63.9 Å². The van der Waals surface area contributed by atoms with E-state index in [4.69, 9.17) is 0 Å². The predicted octanol–water partition coefficient (Wildman–Crippen LogP) is 4.26. The predicted molar refractivity (Wildman–Crippen MR) is 85.3 cm³/mol. The van der Waals surface area contributed by atoms with Gasteiger partial charge >= 0.3 is 0 Å². The summed E-state index contributed by atoms with van der Waals surface area (Å²) in [6.07, 6.45) is 0. The largest absolute Gasteiger partial charge is 0.381 e. The van der Waals surface area contributed by atoms with E-state index in [1.807, 2.05) is 32.3 Å². The third kappa shape index (κ3) is 4.32. The van der Waals surface area contributed by atoms with Gasteiger partial charge in [0, 0.05) is 18.8 Å². The van der Waals surface area contributed by atoms with Crippen LogP contribution in [0, 0.1) is 5.82 Å². The Kier molecular flexibility index (Phi) is 5.15. The molecular weight excluding hydrogens is 319 g/mol. The zero-order chi connectivity index (χ0) is 14.5. The maximum absolute atomic E-state index is 13.4. The van der Waals surface area contributed by atoms with Crippen molar-refractivity contribution < 1.29 is 4.39 Å². The molecular formula is C16H18BrFN2. The molecule has 0 aliphatic carbocycles. The van der Waals surface area contributed by atoms with Gasteiger partial charge in [-0.3, -0.25) is 0 Å². The summed E-state index contributed by atoms with van der Waals surface area (Å²) >= 11 is 3.16. The standard InChI is InChI=1S/C16H18BrFN2/c1-20(2)11-13-4-3-5-14(8-13)19-10-12-6-7-15(17)16(18)9-12/h3-9,19H,10-11H2,1-2H3. The SMILES string of the molecule is CN(C)Cc1cccc(NCc2ccc(Br)c(F)c2)c1. The number of nitrogens with one attached hydrogen (secondary N) is 1. The summed E-state index contributed by atoms with van der Waals surface area (Å²) in [5.41, 5.74) is 3.22. The van der Waals surface area contributed by atoms with E-state index >= 15 is 0 Å². The Morgan fingerprint density at radius 3 is 2.60 bits per heavy atom. The van der Waals surface area contributed by atoms with Gasteiger partial charge in [0.25, 0.3) is 0 Å². The quantitative estimate of drug-likeness (QED) is 0.877. The van der Waals surface area contributed by atoms with Crippen molar-refractivity contribution in [1.82, 2.24) is 4.90 Å². The summed E-state index contributed by atoms with van der Waals surface area (Å²) in [5, 5.41) is 3.32. The highest BCUT2D eigenvalue weighted by atomic mass is 79.9. The van der Waals surface area contributed by atoms with Crippen LogP contribution in [0.3, 0.4) is 0 Å². The fourth-order valence-corrected chi connectivity index (χ4v) is 2.25. The van der Waals surface area contributed by atoms with Crippen LogP contribution in [0.25, 0.3) is 0 Å². The van der Waals surface area contributed by atoms with Crippen molar-refractivity contribution in [2.45, 2.75) is 13.1 Å². The Balaban J connectivity index is 2.01. The molecule has 0 aliphatic rings. The summed E-state index contributed by atoms with van der Waals surface area (Å²) in [6.45, 7) is 1.51. The molecule has 0 aromatic heterocycles. The van der Waals surface area contributed by atoms with Crippen molar-refractivity contribution >= 4 is 21.6 Å². The summed E-state index contributed by atoms with van der Waals surface area (Å²) in [5.74, 6) is -0.231. The first-order valence-electron chi connectivity index (χ1n) is 6.46. The van der Waals surface area contributed by atoms with Crippen molar-refractivity contribution in [3.63, 3.8) is 0 Å². The van der Waals surface area contributed by atoms with Crippen LogP contribution in [0.2, 0.25) is 0 Å².